The summed E-state index contributed by atoms with van der Waals surface area (Å²) >= 11 is 1.55. The van der Waals surface area contributed by atoms with Crippen molar-refractivity contribution < 1.29 is 66.9 Å². The number of likely N-dealkylation sites (tertiary alicyclic amines) is 1. The molecule has 2 aromatic heterocycles. The van der Waals surface area contributed by atoms with E-state index in [9.17, 15) is 57.8 Å². The fourth-order valence-corrected chi connectivity index (χ4v) is 12.9. The van der Waals surface area contributed by atoms with Crippen LogP contribution in [0.15, 0.2) is 90.4 Å². The standard InChI is InChI=1S/C63H73FN9O13PS/c1-34(36-17-19-39(20-18-36)55-35(2)66-33-88-55)67-58(78)48-30-44(74)31-72(48)61(81)56(63(3,4)5)71-52(76)16-8-6-7-11-37-12-10-15-50(53(37)64)86-32-43(23-26-51(65)75)68-59(79)49-29-40-14-9-13-38-21-25-46(60(80)73(49)54(38)40)70-57(77)47-28-42-27-41(22-24-45(42)69-47)62(82)87(83,84)85/h9-10,12-15,17-20,22,24,27-28,33-34,43-44,46,48-49,56,69,74H,6-8,11,16,21,23,25-26,29-32H2,1-5H3,(H2,65,75)(H,67,78)(H,68,79)(H,70,77)(H,71,76)(H2,83,84,85)/t34-,43-,44+,46-,48-,49-,56+/m0/s1. The average Bonchev–Trinajstić information content (AvgIpc) is 1.84. The number of nitrogens with zero attached hydrogens (tertiary/aromatic N) is 3. The number of primary amides is 1. The molecule has 3 aliphatic rings. The van der Waals surface area contributed by atoms with Crippen LogP contribution in [0, 0.1) is 18.2 Å². The van der Waals surface area contributed by atoms with Crippen molar-refractivity contribution >= 4 is 82.4 Å². The molecule has 4 aromatic carbocycles. The number of nitrogens with one attached hydrogen (secondary N) is 5. The zero-order valence-electron chi connectivity index (χ0n) is 49.5. The number of carbonyl (C=O) groups is 8. The molecule has 0 spiro atoms. The van der Waals surface area contributed by atoms with Crippen LogP contribution in [0.2, 0.25) is 0 Å². The minimum absolute atomic E-state index is 0.00772. The van der Waals surface area contributed by atoms with E-state index in [0.29, 0.717) is 47.8 Å². The molecule has 0 radical (unpaired) electrons. The van der Waals surface area contributed by atoms with Crippen LogP contribution >= 0.6 is 18.9 Å². The first-order valence-corrected chi connectivity index (χ1v) is 31.8. The Morgan fingerprint density at radius 2 is 1.64 bits per heavy atom. The summed E-state index contributed by atoms with van der Waals surface area (Å²) in [6.45, 7) is 8.89. The summed E-state index contributed by atoms with van der Waals surface area (Å²) in [6, 6.07) is 17.8. The molecule has 7 atom stereocenters. The molecule has 25 heteroatoms. The highest BCUT2D eigenvalue weighted by molar-refractivity contribution is 7.70. The second-order valence-electron chi connectivity index (χ2n) is 23.9. The van der Waals surface area contributed by atoms with Crippen LogP contribution in [0.25, 0.3) is 21.3 Å². The Kier molecular flexibility index (Phi) is 19.8. The lowest BCUT2D eigenvalue weighted by atomic mass is 9.85. The summed E-state index contributed by atoms with van der Waals surface area (Å²) in [5.74, 6) is -4.49. The number of aliphatic hydroxyl groups is 1. The molecule has 1 fully saturated rings. The Morgan fingerprint density at radius 3 is 2.34 bits per heavy atom. The molecule has 466 valence electrons. The zero-order valence-corrected chi connectivity index (χ0v) is 51.2. The van der Waals surface area contributed by atoms with Gasteiger partial charge in [-0.15, -0.1) is 11.3 Å². The average molecular weight is 1250 g/mol. The van der Waals surface area contributed by atoms with Gasteiger partial charge >= 0.3 is 7.60 Å². The number of para-hydroxylation sites is 1. The van der Waals surface area contributed by atoms with Gasteiger partial charge in [0.1, 0.15) is 36.5 Å². The summed E-state index contributed by atoms with van der Waals surface area (Å²) < 4.78 is 33.8. The lowest BCUT2D eigenvalue weighted by Crippen LogP contribution is -2.57. The molecule has 0 unspecified atom stereocenters. The lowest BCUT2D eigenvalue weighted by Gasteiger charge is -2.35. The molecule has 1 saturated heterocycles. The van der Waals surface area contributed by atoms with Crippen molar-refractivity contribution in [3.8, 4) is 16.2 Å². The number of unbranched alkanes of at least 4 members (excludes halogenated alkanes) is 2. The van der Waals surface area contributed by atoms with Gasteiger partial charge in [-0.3, -0.25) is 47.8 Å². The molecule has 88 heavy (non-hydrogen) atoms. The van der Waals surface area contributed by atoms with Crippen molar-refractivity contribution in [1.29, 1.82) is 0 Å². The first-order chi connectivity index (χ1) is 41.7. The number of aromatic nitrogens is 2. The van der Waals surface area contributed by atoms with Crippen molar-refractivity contribution in [2.45, 2.75) is 148 Å². The highest BCUT2D eigenvalue weighted by Crippen LogP contribution is 2.41. The van der Waals surface area contributed by atoms with E-state index in [1.54, 1.807) is 29.0 Å². The third kappa shape index (κ3) is 14.9. The third-order valence-electron chi connectivity index (χ3n) is 16.4. The van der Waals surface area contributed by atoms with Crippen molar-refractivity contribution in [3.63, 3.8) is 0 Å². The quantitative estimate of drug-likeness (QED) is 0.0235. The number of halogens is 1. The predicted molar refractivity (Wildman–Crippen MR) is 326 cm³/mol. The number of rotatable bonds is 24. The first kappa shape index (κ1) is 64.3. The number of fused-ring (bicyclic) bond motifs is 1. The van der Waals surface area contributed by atoms with E-state index < -0.39 is 102 Å². The maximum atomic E-state index is 16.2. The normalized spacial score (nSPS) is 18.4. The first-order valence-electron chi connectivity index (χ1n) is 29.3. The fraction of sp³-hybridized carbons (Fsp3) is 0.413. The highest BCUT2D eigenvalue weighted by atomic mass is 32.1. The van der Waals surface area contributed by atoms with Crippen LogP contribution < -0.4 is 36.6 Å². The number of amides is 7. The molecule has 5 heterocycles. The van der Waals surface area contributed by atoms with E-state index in [0.717, 1.165) is 32.8 Å². The maximum Gasteiger partial charge on any atom is 0.396 e. The van der Waals surface area contributed by atoms with Gasteiger partial charge in [0.2, 0.25) is 35.4 Å². The number of benzene rings is 4. The molecular weight excluding hydrogens is 1170 g/mol. The van der Waals surface area contributed by atoms with E-state index >= 15 is 4.39 Å². The van der Waals surface area contributed by atoms with Crippen molar-refractivity contribution in [2.24, 2.45) is 11.1 Å². The lowest BCUT2D eigenvalue weighted by molar-refractivity contribution is -0.144. The maximum absolute atomic E-state index is 16.2. The number of anilines is 1. The Labute approximate surface area is 511 Å². The van der Waals surface area contributed by atoms with Crippen molar-refractivity contribution in [1.82, 2.24) is 36.1 Å². The Balaban J connectivity index is 0.769. The molecule has 7 amide bonds. The van der Waals surface area contributed by atoms with Gasteiger partial charge in [0.25, 0.3) is 11.4 Å². The largest absolute Gasteiger partial charge is 0.488 e. The summed E-state index contributed by atoms with van der Waals surface area (Å²) in [7, 11) is -5.07. The molecule has 3 aliphatic heterocycles. The van der Waals surface area contributed by atoms with E-state index in [2.05, 4.69) is 31.2 Å². The number of aliphatic hydroxyl groups excluding tert-OH is 1. The summed E-state index contributed by atoms with van der Waals surface area (Å²) in [4.78, 5) is 138. The molecular formula is C63H73FN9O13PS. The number of β-amino-alcohol motifs (C(OH)–C–C–N with tert-alkyl or cyclic N) is 1. The Hall–Kier alpha value is -8.15. The zero-order chi connectivity index (χ0) is 63.4. The van der Waals surface area contributed by atoms with Crippen LogP contribution in [0.4, 0.5) is 10.1 Å². The van der Waals surface area contributed by atoms with Gasteiger partial charge < -0.3 is 56.5 Å². The van der Waals surface area contributed by atoms with E-state index in [1.807, 2.05) is 77.1 Å². The van der Waals surface area contributed by atoms with E-state index in [4.69, 9.17) is 10.5 Å². The second kappa shape index (κ2) is 27.1. The number of ether oxygens (including phenoxy) is 1. The predicted octanol–water partition coefficient (Wildman–Crippen LogP) is 6.36. The second-order valence-corrected chi connectivity index (χ2v) is 26.3. The third-order valence-corrected chi connectivity index (χ3v) is 18.1. The number of hydrogen-bond donors (Lipinski definition) is 9. The summed E-state index contributed by atoms with van der Waals surface area (Å²) in [5.41, 5.74) is 10.6. The van der Waals surface area contributed by atoms with E-state index in [1.165, 1.54) is 40.1 Å². The van der Waals surface area contributed by atoms with Crippen molar-refractivity contribution in [3.05, 3.63) is 135 Å². The number of thiazole rings is 1. The smallest absolute Gasteiger partial charge is 0.396 e. The van der Waals surface area contributed by atoms with Gasteiger partial charge in [-0.2, -0.15) is 0 Å². The van der Waals surface area contributed by atoms with Gasteiger partial charge in [-0.1, -0.05) is 81.8 Å². The molecule has 0 bridgehead atoms. The van der Waals surface area contributed by atoms with E-state index in [-0.39, 0.29) is 81.0 Å². The Morgan fingerprint density at radius 1 is 0.909 bits per heavy atom. The molecule has 0 saturated carbocycles. The molecule has 22 nitrogen and oxygen atoms in total. The molecule has 10 N–H and O–H groups in total. The van der Waals surface area contributed by atoms with Crippen LogP contribution in [-0.2, 0) is 52.6 Å². The topological polar surface area (TPSA) is 333 Å². The number of H-pyrrole nitrogens is 1. The van der Waals surface area contributed by atoms with Crippen LogP contribution in [-0.4, -0.2) is 126 Å². The Bertz CT molecular complexity index is 3710. The monoisotopic (exact) mass is 1250 g/mol. The highest BCUT2D eigenvalue weighted by Gasteiger charge is 2.46. The van der Waals surface area contributed by atoms with Gasteiger partial charge in [0.15, 0.2) is 11.6 Å². The molecule has 6 aromatic rings. The van der Waals surface area contributed by atoms with Gasteiger partial charge in [-0.05, 0) is 116 Å². The number of nitrogens with two attached hydrogens (primary N) is 1. The number of hydrogen-bond acceptors (Lipinski definition) is 13. The van der Waals surface area contributed by atoms with Crippen LogP contribution in [0.1, 0.15) is 134 Å². The van der Waals surface area contributed by atoms with Crippen molar-refractivity contribution in [2.75, 3.05) is 18.1 Å². The summed E-state index contributed by atoms with van der Waals surface area (Å²) in [6.07, 6.45) is 1.43. The van der Waals surface area contributed by atoms with Crippen LogP contribution in [0.3, 0.4) is 0 Å². The fourth-order valence-electron chi connectivity index (χ4n) is 11.7. The minimum Gasteiger partial charge on any atom is -0.488 e. The molecule has 0 aliphatic carbocycles. The van der Waals surface area contributed by atoms with Gasteiger partial charge in [-0.25, -0.2) is 9.37 Å². The van der Waals surface area contributed by atoms with Crippen LogP contribution in [0.5, 0.6) is 5.75 Å². The van der Waals surface area contributed by atoms with Gasteiger partial charge in [0.05, 0.1) is 40.0 Å². The molecule has 9 rings (SSSR count). The SMILES string of the molecule is Cc1ncsc1-c1ccc([C@H](C)NC(=O)[C@@H]2C[C@@H](O)CN2C(=O)[C@@H](NC(=O)CCCCCc2cccc(OC[C@H](CCC(N)=O)NC(=O)[C@@H]3Cc4cccc5c4N3C(=O)[C@@H](NC(=O)c3cc4cc(C(=O)P(=O)(O)O)ccc4[nH]3)CC5)c2F)C(C)(C)C)cc1. The number of aromatic amines is 1. The minimum atomic E-state index is -5.07. The van der Waals surface area contributed by atoms with Gasteiger partial charge in [0, 0.05) is 48.7 Å². The number of carbonyl (C=O) groups excluding carboxylic acids is 8. The summed E-state index contributed by atoms with van der Waals surface area (Å²) in [5, 5.41) is 22.7. The number of aryl methyl sites for hydroxylation is 3.